The van der Waals surface area contributed by atoms with Crippen LogP contribution in [0.2, 0.25) is 0 Å². The molecule has 0 saturated heterocycles. The molecular weight excluding hydrogens is 282 g/mol. The molecule has 0 aliphatic heterocycles. The fraction of sp³-hybridized carbons (Fsp3) is 0.438. The second kappa shape index (κ2) is 9.55. The number of nitrogens with one attached hydrogen (secondary N) is 2. The molecule has 6 heteroatoms. The summed E-state index contributed by atoms with van der Waals surface area (Å²) in [4.78, 5) is 36.4. The molecule has 0 radical (unpaired) electrons. The van der Waals surface area contributed by atoms with Crippen LogP contribution in [0.15, 0.2) is 36.5 Å². The predicted molar refractivity (Wildman–Crippen MR) is 87.0 cm³/mol. The Labute approximate surface area is 131 Å². The lowest BCUT2D eigenvalue weighted by Crippen LogP contribution is -2.43. The number of amides is 3. The topological polar surface area (TPSA) is 78.5 Å². The van der Waals surface area contributed by atoms with Gasteiger partial charge in [0, 0.05) is 42.9 Å². The summed E-state index contributed by atoms with van der Waals surface area (Å²) < 4.78 is 0. The molecule has 0 fully saturated rings. The van der Waals surface area contributed by atoms with Gasteiger partial charge < -0.3 is 15.5 Å². The summed E-state index contributed by atoms with van der Waals surface area (Å²) in [6, 6.07) is 0. The smallest absolute Gasteiger partial charge is 0.249 e. The van der Waals surface area contributed by atoms with Crippen LogP contribution in [0.25, 0.3) is 0 Å². The number of carbonyl (C=O) groups excluding carboxylic acids is 3. The van der Waals surface area contributed by atoms with Crippen LogP contribution in [-0.2, 0) is 14.4 Å². The second-order valence-corrected chi connectivity index (χ2v) is 5.14. The Morgan fingerprint density at radius 2 is 1.14 bits per heavy atom. The van der Waals surface area contributed by atoms with Crippen LogP contribution in [0, 0.1) is 0 Å². The average Bonchev–Trinajstić information content (AvgIpc) is 2.43. The molecule has 3 amide bonds. The van der Waals surface area contributed by atoms with Crippen molar-refractivity contribution in [2.24, 2.45) is 0 Å². The molecule has 22 heavy (non-hydrogen) atoms. The molecule has 0 rings (SSSR count). The minimum atomic E-state index is -0.252. The van der Waals surface area contributed by atoms with Crippen LogP contribution in [0.5, 0.6) is 0 Å². The lowest BCUT2D eigenvalue weighted by atomic mass is 10.2. The molecule has 0 heterocycles. The van der Waals surface area contributed by atoms with E-state index in [9.17, 15) is 14.4 Å². The first kappa shape index (κ1) is 19.6. The molecular formula is C16H25N3O3. The van der Waals surface area contributed by atoms with Gasteiger partial charge in [0.05, 0.1) is 0 Å². The summed E-state index contributed by atoms with van der Waals surface area (Å²) >= 11 is 0. The Bertz CT molecular complexity index is 463. The average molecular weight is 307 g/mol. The van der Waals surface area contributed by atoms with E-state index < -0.39 is 0 Å². The Kier molecular flexibility index (Phi) is 8.52. The van der Waals surface area contributed by atoms with Gasteiger partial charge in [0.25, 0.3) is 0 Å². The first-order valence-corrected chi connectivity index (χ1v) is 6.99. The maximum Gasteiger partial charge on any atom is 0.249 e. The number of rotatable bonds is 9. The molecule has 0 saturated carbocycles. The SMILES string of the molecule is C=C(C)C(=O)NCCN(CCNC(=O)C(=C)C)C(=O)C(=C)C. The van der Waals surface area contributed by atoms with Gasteiger partial charge in [-0.2, -0.15) is 0 Å². The van der Waals surface area contributed by atoms with Gasteiger partial charge in [-0.05, 0) is 20.8 Å². The van der Waals surface area contributed by atoms with E-state index in [4.69, 9.17) is 0 Å². The predicted octanol–water partition coefficient (Wildman–Crippen LogP) is 0.776. The van der Waals surface area contributed by atoms with Crippen molar-refractivity contribution in [1.82, 2.24) is 15.5 Å². The van der Waals surface area contributed by atoms with Gasteiger partial charge in [-0.3, -0.25) is 14.4 Å². The first-order valence-electron chi connectivity index (χ1n) is 6.99. The highest BCUT2D eigenvalue weighted by atomic mass is 16.2. The van der Waals surface area contributed by atoms with Gasteiger partial charge >= 0.3 is 0 Å². The summed E-state index contributed by atoms with van der Waals surface area (Å²) in [6.07, 6.45) is 0. The van der Waals surface area contributed by atoms with Gasteiger partial charge in [-0.1, -0.05) is 19.7 Å². The van der Waals surface area contributed by atoms with Crippen molar-refractivity contribution < 1.29 is 14.4 Å². The van der Waals surface area contributed by atoms with Crippen molar-refractivity contribution >= 4 is 17.7 Å². The van der Waals surface area contributed by atoms with Gasteiger partial charge in [-0.15, -0.1) is 0 Å². The highest BCUT2D eigenvalue weighted by molar-refractivity contribution is 5.93. The zero-order valence-electron chi connectivity index (χ0n) is 13.6. The summed E-state index contributed by atoms with van der Waals surface area (Å²) in [5.74, 6) is -0.717. The Hall–Kier alpha value is -2.37. The fourth-order valence-corrected chi connectivity index (χ4v) is 1.50. The summed E-state index contributed by atoms with van der Waals surface area (Å²) in [5, 5.41) is 5.32. The van der Waals surface area contributed by atoms with Crippen LogP contribution >= 0.6 is 0 Å². The van der Waals surface area contributed by atoms with Crippen molar-refractivity contribution in [3.05, 3.63) is 36.5 Å². The van der Waals surface area contributed by atoms with Gasteiger partial charge in [-0.25, -0.2) is 0 Å². The summed E-state index contributed by atoms with van der Waals surface area (Å²) in [6.45, 7) is 16.8. The molecule has 0 spiro atoms. The molecule has 0 unspecified atom stereocenters. The third-order valence-electron chi connectivity index (χ3n) is 2.76. The van der Waals surface area contributed by atoms with Crippen molar-refractivity contribution in [3.8, 4) is 0 Å². The molecule has 2 N–H and O–H groups in total. The minimum Gasteiger partial charge on any atom is -0.351 e. The molecule has 0 aliphatic rings. The van der Waals surface area contributed by atoms with Crippen LogP contribution in [0.3, 0.4) is 0 Å². The van der Waals surface area contributed by atoms with E-state index >= 15 is 0 Å². The maximum absolute atomic E-state index is 12.0. The van der Waals surface area contributed by atoms with Crippen molar-refractivity contribution in [3.63, 3.8) is 0 Å². The van der Waals surface area contributed by atoms with Crippen molar-refractivity contribution in [2.75, 3.05) is 26.2 Å². The van der Waals surface area contributed by atoms with Gasteiger partial charge in [0.2, 0.25) is 17.7 Å². The second-order valence-electron chi connectivity index (χ2n) is 5.14. The van der Waals surface area contributed by atoms with E-state index in [1.807, 2.05) is 0 Å². The standard InChI is InChI=1S/C16H25N3O3/c1-11(2)14(20)17-7-9-19(16(22)13(5)6)10-8-18-15(21)12(3)4/h1,3,5,7-10H2,2,4,6H3,(H,17,20)(H,18,21). The minimum absolute atomic E-state index is 0.214. The van der Waals surface area contributed by atoms with E-state index in [1.54, 1.807) is 20.8 Å². The van der Waals surface area contributed by atoms with Crippen LogP contribution in [-0.4, -0.2) is 48.8 Å². The quantitative estimate of drug-likeness (QED) is 0.618. The molecule has 0 aliphatic carbocycles. The zero-order valence-corrected chi connectivity index (χ0v) is 13.6. The highest BCUT2D eigenvalue weighted by Crippen LogP contribution is 1.98. The van der Waals surface area contributed by atoms with E-state index in [1.165, 1.54) is 4.90 Å². The molecule has 6 nitrogen and oxygen atoms in total. The van der Waals surface area contributed by atoms with E-state index in [-0.39, 0.29) is 17.7 Å². The number of hydrogen-bond donors (Lipinski definition) is 2. The normalized spacial score (nSPS) is 9.59. The zero-order chi connectivity index (χ0) is 17.3. The third-order valence-corrected chi connectivity index (χ3v) is 2.76. The molecule has 122 valence electrons. The Morgan fingerprint density at radius 1 is 0.773 bits per heavy atom. The van der Waals surface area contributed by atoms with E-state index in [0.29, 0.717) is 42.9 Å². The highest BCUT2D eigenvalue weighted by Gasteiger charge is 2.14. The maximum atomic E-state index is 12.0. The molecule has 0 bridgehead atoms. The van der Waals surface area contributed by atoms with Crippen LogP contribution in [0.4, 0.5) is 0 Å². The summed E-state index contributed by atoms with van der Waals surface area (Å²) in [5.41, 5.74) is 1.22. The molecule has 0 aromatic rings. The van der Waals surface area contributed by atoms with Crippen molar-refractivity contribution in [1.29, 1.82) is 0 Å². The van der Waals surface area contributed by atoms with E-state index in [2.05, 4.69) is 30.4 Å². The fourth-order valence-electron chi connectivity index (χ4n) is 1.50. The number of carbonyl (C=O) groups is 3. The van der Waals surface area contributed by atoms with Gasteiger partial charge in [0.1, 0.15) is 0 Å². The van der Waals surface area contributed by atoms with E-state index in [0.717, 1.165) is 0 Å². The largest absolute Gasteiger partial charge is 0.351 e. The monoisotopic (exact) mass is 307 g/mol. The molecule has 0 aromatic heterocycles. The first-order chi connectivity index (χ1) is 10.2. The lowest BCUT2D eigenvalue weighted by Gasteiger charge is -2.23. The number of hydrogen-bond acceptors (Lipinski definition) is 3. The Morgan fingerprint density at radius 3 is 1.41 bits per heavy atom. The van der Waals surface area contributed by atoms with Gasteiger partial charge in [0.15, 0.2) is 0 Å². The summed E-state index contributed by atoms with van der Waals surface area (Å²) in [7, 11) is 0. The molecule has 0 aromatic carbocycles. The van der Waals surface area contributed by atoms with Crippen molar-refractivity contribution in [2.45, 2.75) is 20.8 Å². The molecule has 0 atom stereocenters. The third kappa shape index (κ3) is 7.42. The number of nitrogens with zero attached hydrogens (tertiary/aromatic N) is 1. The van der Waals surface area contributed by atoms with Crippen LogP contribution < -0.4 is 10.6 Å². The lowest BCUT2D eigenvalue weighted by molar-refractivity contribution is -0.128. The Balaban J connectivity index is 4.45. The van der Waals surface area contributed by atoms with Crippen LogP contribution in [0.1, 0.15) is 20.8 Å².